The number of benzene rings is 2. The number of ether oxygens (including phenoxy) is 3. The number of aliphatic hydroxyl groups is 1. The summed E-state index contributed by atoms with van der Waals surface area (Å²) in [5.41, 5.74) is -0.786. The molecule has 0 amide bonds. The first-order chi connectivity index (χ1) is 18.2. The molecule has 136 valence electrons. The van der Waals surface area contributed by atoms with Crippen LogP contribution >= 0.6 is 0 Å². The molecule has 4 nitrogen and oxygen atoms in total. The van der Waals surface area contributed by atoms with E-state index in [9.17, 15) is 0 Å². The number of hydrogen-bond acceptors (Lipinski definition) is 4. The van der Waals surface area contributed by atoms with Crippen molar-refractivity contribution < 1.29 is 38.5 Å². The lowest BCUT2D eigenvalue weighted by atomic mass is 10.0. The Morgan fingerprint density at radius 3 is 2.76 bits per heavy atom. The largest absolute Gasteiger partial charge is 0.493 e. The Labute approximate surface area is 171 Å². The van der Waals surface area contributed by atoms with Crippen LogP contribution in [-0.2, 0) is 6.37 Å². The predicted octanol–water partition coefficient (Wildman–Crippen LogP) is 4.16. The molecule has 1 atom stereocenters. The van der Waals surface area contributed by atoms with Gasteiger partial charge in [-0.15, -0.1) is 0 Å². The number of methoxy groups -OCH3 is 2. The van der Waals surface area contributed by atoms with Gasteiger partial charge in [-0.3, -0.25) is 0 Å². The van der Waals surface area contributed by atoms with Gasteiger partial charge in [0.2, 0.25) is 1.43 Å². The van der Waals surface area contributed by atoms with E-state index in [1.165, 1.54) is 14.0 Å². The third-order valence-corrected chi connectivity index (χ3v) is 2.84. The maximum Gasteiger partial charge on any atom is 0.211 e. The fraction of sp³-hybridized carbons (Fsp3) is 0.429. The molecular weight excluding hydrogens is 316 g/mol. The van der Waals surface area contributed by atoms with Gasteiger partial charge >= 0.3 is 0 Å². The minimum atomic E-state index is -3.60. The van der Waals surface area contributed by atoms with Crippen molar-refractivity contribution in [3.8, 4) is 17.2 Å². The summed E-state index contributed by atoms with van der Waals surface area (Å²) < 4.78 is 137. The lowest BCUT2D eigenvalue weighted by Crippen LogP contribution is -2.17. The SMILES string of the molecule is [2H]OC([2H])(C([2H])([2H])CCC([2H])([2H])c1c([2H])c([2H])c(OC)c(OC)c1[2H])C([2H])([2H])Oc1c([2H])c([2H])c([2H])c(C)c1[2H]. The van der Waals surface area contributed by atoms with Gasteiger partial charge in [-0.2, -0.15) is 0 Å². The van der Waals surface area contributed by atoms with Crippen molar-refractivity contribution in [2.24, 2.45) is 0 Å². The van der Waals surface area contributed by atoms with Crippen LogP contribution in [0.25, 0.3) is 0 Å². The van der Waals surface area contributed by atoms with E-state index in [0.717, 1.165) is 7.11 Å². The first-order valence-electron chi connectivity index (χ1n) is 14.7. The average molecular weight is 360 g/mol. The first-order valence-corrected chi connectivity index (χ1v) is 7.29. The zero-order valence-electron chi connectivity index (χ0n) is 29.0. The summed E-state index contributed by atoms with van der Waals surface area (Å²) in [7, 11) is 2.31. The lowest BCUT2D eigenvalue weighted by Gasteiger charge is -2.13. The molecule has 0 spiro atoms. The smallest absolute Gasteiger partial charge is 0.211 e. The monoisotopic (exact) mass is 359 g/mol. The summed E-state index contributed by atoms with van der Waals surface area (Å²) in [5.74, 6) is -1.49. The molecule has 0 saturated carbocycles. The van der Waals surface area contributed by atoms with Gasteiger partial charge in [0.1, 0.15) is 12.3 Å². The molecule has 0 radical (unpaired) electrons. The fourth-order valence-electron chi connectivity index (χ4n) is 1.72. The molecule has 0 bridgehead atoms. The molecule has 1 unspecified atom stereocenters. The molecule has 0 aromatic heterocycles. The normalized spacial score (nSPS) is 23.4. The van der Waals surface area contributed by atoms with E-state index in [1.807, 2.05) is 0 Å². The Morgan fingerprint density at radius 1 is 1.16 bits per heavy atom. The van der Waals surface area contributed by atoms with E-state index in [-0.39, 0.29) is 17.1 Å². The van der Waals surface area contributed by atoms with E-state index < -0.39 is 91.8 Å². The zero-order chi connectivity index (χ0) is 31.2. The van der Waals surface area contributed by atoms with Crippen LogP contribution < -0.4 is 14.2 Å². The Hall–Kier alpha value is -2.20. The maximum atomic E-state index is 8.46. The Kier molecular flexibility index (Phi) is 2.86. The van der Waals surface area contributed by atoms with Gasteiger partial charge in [0, 0.05) is 5.48 Å². The van der Waals surface area contributed by atoms with Crippen molar-refractivity contribution in [3.05, 3.63) is 53.4 Å². The zero-order valence-corrected chi connectivity index (χ0v) is 14.0. The van der Waals surface area contributed by atoms with Gasteiger partial charge in [0.25, 0.3) is 0 Å². The standard InChI is InChI=1S/C21H28O4/c1-16-7-6-10-19(13-16)25-15-18(22)9-5-4-8-17-11-12-20(23-2)21(14-17)24-3/h6-7,10-14,18,22H,4-5,8-9,15H2,1-3H3/i6D,7D,8D2,9D2,10D,11D,12D,13D,14D,15D2,18D,22D. The minimum absolute atomic E-state index is 0.147. The van der Waals surface area contributed by atoms with Crippen LogP contribution in [0.15, 0.2) is 42.3 Å². The quantitative estimate of drug-likeness (QED) is 0.654. The molecule has 0 fully saturated rings. The second kappa shape index (κ2) is 9.94. The van der Waals surface area contributed by atoms with Crippen molar-refractivity contribution in [1.29, 1.82) is 1.43 Å². The van der Waals surface area contributed by atoms with Crippen molar-refractivity contribution in [2.75, 3.05) is 20.8 Å². The fourth-order valence-corrected chi connectivity index (χ4v) is 1.72. The number of hydrogen-bond donors (Lipinski definition) is 1. The summed E-state index contributed by atoms with van der Waals surface area (Å²) in [5, 5.41) is 4.18. The second-order valence-corrected chi connectivity index (χ2v) is 4.66. The second-order valence-electron chi connectivity index (χ2n) is 4.66. The Morgan fingerprint density at radius 2 is 2.00 bits per heavy atom. The molecule has 4 heteroatoms. The highest BCUT2D eigenvalue weighted by atomic mass is 16.5. The van der Waals surface area contributed by atoms with Gasteiger partial charge < -0.3 is 19.3 Å². The Balaban J connectivity index is 2.51. The van der Waals surface area contributed by atoms with Gasteiger partial charge in [0.05, 0.1) is 34.0 Å². The van der Waals surface area contributed by atoms with Crippen LogP contribution in [-0.4, -0.2) is 33.4 Å². The molecular formula is C21H28O4. The van der Waals surface area contributed by atoms with E-state index in [2.05, 4.69) is 5.11 Å². The van der Waals surface area contributed by atoms with Crippen molar-refractivity contribution in [2.45, 2.75) is 38.6 Å². The van der Waals surface area contributed by atoms with E-state index in [4.69, 9.17) is 34.8 Å². The molecule has 0 saturated heterocycles. The highest BCUT2D eigenvalue weighted by molar-refractivity contribution is 5.42. The molecule has 2 aromatic rings. The van der Waals surface area contributed by atoms with E-state index in [1.54, 1.807) is 0 Å². The van der Waals surface area contributed by atoms with Crippen LogP contribution in [0.1, 0.15) is 49.5 Å². The van der Waals surface area contributed by atoms with Crippen LogP contribution in [0.4, 0.5) is 0 Å². The molecule has 0 aliphatic carbocycles. The predicted molar refractivity (Wildman–Crippen MR) is 99.8 cm³/mol. The topological polar surface area (TPSA) is 47.9 Å². The molecule has 2 aromatic carbocycles. The van der Waals surface area contributed by atoms with Crippen LogP contribution in [0.5, 0.6) is 17.2 Å². The van der Waals surface area contributed by atoms with Crippen molar-refractivity contribution in [1.82, 2.24) is 0 Å². The molecule has 1 N–H and O–H groups in total. The van der Waals surface area contributed by atoms with Crippen LogP contribution in [0.2, 0.25) is 0 Å². The first kappa shape index (κ1) is 7.20. The highest BCUT2D eigenvalue weighted by Gasteiger charge is 2.07. The molecule has 0 aliphatic rings. The van der Waals surface area contributed by atoms with Crippen molar-refractivity contribution >= 4 is 0 Å². The molecule has 0 aliphatic heterocycles. The summed E-state index contributed by atoms with van der Waals surface area (Å²) in [6.07, 6.45) is -11.4. The average Bonchev–Trinajstić information content (AvgIpc) is 2.88. The summed E-state index contributed by atoms with van der Waals surface area (Å²) >= 11 is 0. The van der Waals surface area contributed by atoms with Crippen molar-refractivity contribution in [3.63, 3.8) is 0 Å². The third-order valence-electron chi connectivity index (χ3n) is 2.84. The Bertz CT molecular complexity index is 1250. The van der Waals surface area contributed by atoms with Gasteiger partial charge in [-0.25, -0.2) is 0 Å². The molecule has 0 heterocycles. The van der Waals surface area contributed by atoms with Gasteiger partial charge in [-0.05, 0) is 61.4 Å². The summed E-state index contributed by atoms with van der Waals surface area (Å²) in [6, 6.07) is -4.69. The molecule has 25 heavy (non-hydrogen) atoms. The maximum absolute atomic E-state index is 8.46. The van der Waals surface area contributed by atoms with Crippen LogP contribution in [0, 0.1) is 6.92 Å². The summed E-state index contributed by atoms with van der Waals surface area (Å²) in [4.78, 5) is 0. The van der Waals surface area contributed by atoms with E-state index >= 15 is 0 Å². The number of rotatable bonds is 11. The van der Waals surface area contributed by atoms with E-state index in [0.29, 0.717) is 0 Å². The van der Waals surface area contributed by atoms with Gasteiger partial charge in [0.15, 0.2) is 11.5 Å². The van der Waals surface area contributed by atoms with Crippen LogP contribution in [0.3, 0.4) is 0 Å². The lowest BCUT2D eigenvalue weighted by molar-refractivity contribution is 0.0976. The molecule has 2 rings (SSSR count). The highest BCUT2D eigenvalue weighted by Crippen LogP contribution is 2.28. The van der Waals surface area contributed by atoms with Gasteiger partial charge in [-0.1, -0.05) is 24.5 Å². The summed E-state index contributed by atoms with van der Waals surface area (Å²) in [6.45, 7) is -2.35. The third kappa shape index (κ3) is 6.31. The minimum Gasteiger partial charge on any atom is -0.493 e.